The number of amides is 1. The zero-order chi connectivity index (χ0) is 14.7. The number of benzene rings is 1. The van der Waals surface area contributed by atoms with E-state index in [1.165, 1.54) is 29.5 Å². The van der Waals surface area contributed by atoms with Gasteiger partial charge in [0, 0.05) is 0 Å². The molecule has 7 heteroatoms. The average Bonchev–Trinajstić information content (AvgIpc) is 2.84. The van der Waals surface area contributed by atoms with E-state index in [-0.39, 0.29) is 17.2 Å². The zero-order valence-electron chi connectivity index (χ0n) is 10.6. The predicted octanol–water partition coefficient (Wildman–Crippen LogP) is 2.54. The highest BCUT2D eigenvalue weighted by molar-refractivity contribution is 7.12. The van der Waals surface area contributed by atoms with E-state index >= 15 is 0 Å². The third-order valence-corrected chi connectivity index (χ3v) is 3.71. The van der Waals surface area contributed by atoms with Gasteiger partial charge >= 0.3 is 0 Å². The summed E-state index contributed by atoms with van der Waals surface area (Å²) in [5.74, 6) is -1.45. The molecule has 1 aromatic heterocycles. The first-order valence-electron chi connectivity index (χ1n) is 5.66. The van der Waals surface area contributed by atoms with Crippen molar-refractivity contribution in [2.24, 2.45) is 10.9 Å². The maximum Gasteiger partial charge on any atom is 0.266 e. The second-order valence-electron chi connectivity index (χ2n) is 4.03. The Balaban J connectivity index is 2.38. The van der Waals surface area contributed by atoms with Gasteiger partial charge in [-0.2, -0.15) is 0 Å². The molecule has 0 fully saturated rings. The summed E-state index contributed by atoms with van der Waals surface area (Å²) in [6.07, 6.45) is 0. The van der Waals surface area contributed by atoms with Crippen molar-refractivity contribution >= 4 is 28.8 Å². The van der Waals surface area contributed by atoms with Gasteiger partial charge < -0.3 is 16.3 Å². The Kier molecular flexibility index (Phi) is 3.99. The van der Waals surface area contributed by atoms with E-state index in [0.717, 1.165) is 5.56 Å². The van der Waals surface area contributed by atoms with Crippen molar-refractivity contribution < 1.29 is 14.4 Å². The normalized spacial score (nSPS) is 11.4. The molecule has 0 bridgehead atoms. The highest BCUT2D eigenvalue weighted by atomic mass is 32.1. The van der Waals surface area contributed by atoms with Gasteiger partial charge in [0.05, 0.1) is 16.1 Å². The van der Waals surface area contributed by atoms with Crippen LogP contribution in [0.4, 0.5) is 10.1 Å². The van der Waals surface area contributed by atoms with Gasteiger partial charge in [0.15, 0.2) is 5.84 Å². The summed E-state index contributed by atoms with van der Waals surface area (Å²) in [6.45, 7) is 1.81. The predicted molar refractivity (Wildman–Crippen MR) is 75.9 cm³/mol. The number of halogens is 1. The van der Waals surface area contributed by atoms with Gasteiger partial charge in [0.25, 0.3) is 5.91 Å². The minimum Gasteiger partial charge on any atom is -0.409 e. The van der Waals surface area contributed by atoms with Crippen LogP contribution in [0.15, 0.2) is 34.8 Å². The number of thiophene rings is 1. The summed E-state index contributed by atoms with van der Waals surface area (Å²) < 4.78 is 13.7. The minimum atomic E-state index is -0.680. The number of oxime groups is 1. The highest BCUT2D eigenvalue weighted by Gasteiger charge is 2.17. The lowest BCUT2D eigenvalue weighted by atomic mass is 10.1. The monoisotopic (exact) mass is 293 g/mol. The third kappa shape index (κ3) is 2.62. The smallest absolute Gasteiger partial charge is 0.266 e. The fourth-order valence-electron chi connectivity index (χ4n) is 1.72. The molecule has 2 rings (SSSR count). The van der Waals surface area contributed by atoms with Crippen molar-refractivity contribution in [3.63, 3.8) is 0 Å². The SMILES string of the molecule is Cc1ccsc1C(=O)Nc1cccc(F)c1/C(N)=N/O. The van der Waals surface area contributed by atoms with E-state index in [1.54, 1.807) is 12.3 Å². The third-order valence-electron chi connectivity index (χ3n) is 2.69. The molecule has 0 unspecified atom stereocenters. The van der Waals surface area contributed by atoms with Gasteiger partial charge in [-0.05, 0) is 36.1 Å². The van der Waals surface area contributed by atoms with Crippen LogP contribution in [0.1, 0.15) is 20.8 Å². The molecule has 0 saturated carbocycles. The minimum absolute atomic E-state index is 0.141. The van der Waals surface area contributed by atoms with E-state index in [1.807, 2.05) is 6.07 Å². The van der Waals surface area contributed by atoms with Crippen molar-refractivity contribution in [3.8, 4) is 0 Å². The van der Waals surface area contributed by atoms with Crippen molar-refractivity contribution in [2.45, 2.75) is 6.92 Å². The van der Waals surface area contributed by atoms with Gasteiger partial charge in [-0.15, -0.1) is 11.3 Å². The largest absolute Gasteiger partial charge is 0.409 e. The Morgan fingerprint density at radius 1 is 1.45 bits per heavy atom. The topological polar surface area (TPSA) is 87.7 Å². The molecule has 0 radical (unpaired) electrons. The number of nitrogens with two attached hydrogens (primary N) is 1. The van der Waals surface area contributed by atoms with Crippen molar-refractivity contribution in [3.05, 3.63) is 51.5 Å². The molecule has 1 heterocycles. The van der Waals surface area contributed by atoms with Crippen molar-refractivity contribution in [1.82, 2.24) is 0 Å². The second-order valence-corrected chi connectivity index (χ2v) is 4.95. The van der Waals surface area contributed by atoms with Crippen LogP contribution >= 0.6 is 11.3 Å². The Hall–Kier alpha value is -2.41. The summed E-state index contributed by atoms with van der Waals surface area (Å²) in [6, 6.07) is 5.90. The number of rotatable bonds is 3. The van der Waals surface area contributed by atoms with Gasteiger partial charge in [-0.25, -0.2) is 4.39 Å². The lowest BCUT2D eigenvalue weighted by molar-refractivity contribution is 0.103. The standard InChI is InChI=1S/C13H12FN3O2S/c1-7-5-6-20-11(7)13(18)16-9-4-2-3-8(14)10(9)12(15)17-19/h2-6,19H,1H3,(H2,15,17)(H,16,18). The summed E-state index contributed by atoms with van der Waals surface area (Å²) in [4.78, 5) is 12.6. The van der Waals surface area contributed by atoms with Crippen molar-refractivity contribution in [1.29, 1.82) is 0 Å². The van der Waals surface area contributed by atoms with Crippen LogP contribution in [0.2, 0.25) is 0 Å². The van der Waals surface area contributed by atoms with Crippen LogP contribution in [0.5, 0.6) is 0 Å². The van der Waals surface area contributed by atoms with Crippen molar-refractivity contribution in [2.75, 3.05) is 5.32 Å². The number of hydrogen-bond acceptors (Lipinski definition) is 4. The summed E-state index contributed by atoms with van der Waals surface area (Å²) >= 11 is 1.28. The van der Waals surface area contributed by atoms with E-state index in [4.69, 9.17) is 10.9 Å². The molecule has 0 atom stereocenters. The summed E-state index contributed by atoms with van der Waals surface area (Å²) in [5, 5.41) is 15.8. The number of carbonyl (C=O) groups is 1. The number of anilines is 1. The zero-order valence-corrected chi connectivity index (χ0v) is 11.4. The highest BCUT2D eigenvalue weighted by Crippen LogP contribution is 2.22. The summed E-state index contributed by atoms with van der Waals surface area (Å²) in [5.41, 5.74) is 6.27. The maximum atomic E-state index is 13.7. The first kappa shape index (κ1) is 14.0. The first-order chi connectivity index (χ1) is 9.54. The van der Waals surface area contributed by atoms with Gasteiger partial charge in [0.1, 0.15) is 5.82 Å². The van der Waals surface area contributed by atoms with Crippen LogP contribution in [0.3, 0.4) is 0 Å². The summed E-state index contributed by atoms with van der Waals surface area (Å²) in [7, 11) is 0. The molecular weight excluding hydrogens is 281 g/mol. The number of aryl methyl sites for hydroxylation is 1. The number of amidine groups is 1. The van der Waals surface area contributed by atoms with Crippen LogP contribution in [-0.4, -0.2) is 17.0 Å². The van der Waals surface area contributed by atoms with Crippen LogP contribution in [-0.2, 0) is 0 Å². The fourth-order valence-corrected chi connectivity index (χ4v) is 2.54. The Morgan fingerprint density at radius 2 is 2.20 bits per heavy atom. The molecule has 4 N–H and O–H groups in total. The fraction of sp³-hybridized carbons (Fsp3) is 0.0769. The molecule has 0 spiro atoms. The molecule has 104 valence electrons. The molecule has 5 nitrogen and oxygen atoms in total. The molecule has 0 aliphatic heterocycles. The molecule has 0 aliphatic rings. The van der Waals surface area contributed by atoms with Crippen LogP contribution < -0.4 is 11.1 Å². The Bertz CT molecular complexity index is 682. The van der Waals surface area contributed by atoms with E-state index in [9.17, 15) is 9.18 Å². The molecule has 1 aromatic carbocycles. The molecule has 1 amide bonds. The first-order valence-corrected chi connectivity index (χ1v) is 6.54. The van der Waals surface area contributed by atoms with Gasteiger partial charge in [-0.3, -0.25) is 4.79 Å². The molecule has 2 aromatic rings. The molecule has 0 saturated heterocycles. The number of carbonyl (C=O) groups excluding carboxylic acids is 1. The van der Waals surface area contributed by atoms with Gasteiger partial charge in [-0.1, -0.05) is 11.2 Å². The van der Waals surface area contributed by atoms with E-state index in [2.05, 4.69) is 10.5 Å². The molecule has 20 heavy (non-hydrogen) atoms. The molecular formula is C13H12FN3O2S. The molecule has 0 aliphatic carbocycles. The Morgan fingerprint density at radius 3 is 2.80 bits per heavy atom. The second kappa shape index (κ2) is 5.70. The number of nitrogens with one attached hydrogen (secondary N) is 1. The van der Waals surface area contributed by atoms with Crippen LogP contribution in [0.25, 0.3) is 0 Å². The lowest BCUT2D eigenvalue weighted by Crippen LogP contribution is -2.20. The average molecular weight is 293 g/mol. The lowest BCUT2D eigenvalue weighted by Gasteiger charge is -2.10. The van der Waals surface area contributed by atoms with Crippen LogP contribution in [0, 0.1) is 12.7 Å². The quantitative estimate of drug-likeness (QED) is 0.352. The Labute approximate surface area is 118 Å². The van der Waals surface area contributed by atoms with E-state index in [0.29, 0.717) is 4.88 Å². The maximum absolute atomic E-state index is 13.7. The number of hydrogen-bond donors (Lipinski definition) is 3. The van der Waals surface area contributed by atoms with E-state index < -0.39 is 11.7 Å². The number of nitrogens with zero attached hydrogens (tertiary/aromatic N) is 1. The van der Waals surface area contributed by atoms with Gasteiger partial charge in [0.2, 0.25) is 0 Å².